The first-order valence-electron chi connectivity index (χ1n) is 8.98. The van der Waals surface area contributed by atoms with E-state index in [0.29, 0.717) is 12.3 Å². The highest BCUT2D eigenvalue weighted by Gasteiger charge is 2.07. The topological polar surface area (TPSA) is 72.5 Å². The fourth-order valence-corrected chi connectivity index (χ4v) is 2.76. The van der Waals surface area contributed by atoms with Crippen LogP contribution in [-0.2, 0) is 0 Å². The van der Waals surface area contributed by atoms with Gasteiger partial charge in [-0.15, -0.1) is 0 Å². The first-order chi connectivity index (χ1) is 12.1. The van der Waals surface area contributed by atoms with E-state index < -0.39 is 5.97 Å². The van der Waals surface area contributed by atoms with E-state index in [2.05, 4.69) is 6.92 Å². The van der Waals surface area contributed by atoms with Crippen LogP contribution in [0.3, 0.4) is 0 Å². The summed E-state index contributed by atoms with van der Waals surface area (Å²) in [4.78, 5) is 10.9. The minimum absolute atomic E-state index is 0.265. The number of hydrogen-bond donors (Lipinski definition) is 2. The van der Waals surface area contributed by atoms with Crippen LogP contribution >= 0.6 is 0 Å². The third-order valence-electron chi connectivity index (χ3n) is 4.23. The number of ether oxygens (including phenoxy) is 1. The molecule has 0 heterocycles. The Balaban J connectivity index is 1.88. The summed E-state index contributed by atoms with van der Waals surface area (Å²) in [6.07, 6.45) is 7.41. The molecule has 0 aliphatic carbocycles. The number of anilines is 1. The average molecular weight is 341 g/mol. The van der Waals surface area contributed by atoms with E-state index in [1.165, 1.54) is 32.1 Å². The summed E-state index contributed by atoms with van der Waals surface area (Å²) in [5.74, 6) is -0.157. The maximum Gasteiger partial charge on any atom is 0.335 e. The van der Waals surface area contributed by atoms with Crippen molar-refractivity contribution >= 4 is 11.7 Å². The average Bonchev–Trinajstić information content (AvgIpc) is 2.61. The Kier molecular flexibility index (Phi) is 7.33. The van der Waals surface area contributed by atoms with E-state index in [-0.39, 0.29) is 5.56 Å². The second kappa shape index (κ2) is 9.72. The van der Waals surface area contributed by atoms with Crippen molar-refractivity contribution < 1.29 is 14.6 Å². The van der Waals surface area contributed by atoms with Crippen molar-refractivity contribution in [3.63, 3.8) is 0 Å². The van der Waals surface area contributed by atoms with Gasteiger partial charge >= 0.3 is 5.97 Å². The van der Waals surface area contributed by atoms with Crippen molar-refractivity contribution in [1.29, 1.82) is 0 Å². The molecule has 2 rings (SSSR count). The van der Waals surface area contributed by atoms with Crippen molar-refractivity contribution in [3.8, 4) is 16.9 Å². The van der Waals surface area contributed by atoms with E-state index in [1.807, 2.05) is 18.2 Å². The van der Waals surface area contributed by atoms with Crippen LogP contribution in [-0.4, -0.2) is 17.7 Å². The highest BCUT2D eigenvalue weighted by atomic mass is 16.5. The normalized spacial score (nSPS) is 10.6. The summed E-state index contributed by atoms with van der Waals surface area (Å²) in [5, 5.41) is 8.96. The quantitative estimate of drug-likeness (QED) is 0.450. The van der Waals surface area contributed by atoms with Crippen molar-refractivity contribution in [2.45, 2.75) is 45.4 Å². The zero-order valence-corrected chi connectivity index (χ0v) is 14.8. The molecule has 3 N–H and O–H groups in total. The van der Waals surface area contributed by atoms with Gasteiger partial charge in [0, 0.05) is 17.3 Å². The third-order valence-corrected chi connectivity index (χ3v) is 4.23. The zero-order valence-electron chi connectivity index (χ0n) is 14.8. The van der Waals surface area contributed by atoms with Crippen LogP contribution in [0.5, 0.6) is 5.75 Å². The van der Waals surface area contributed by atoms with Crippen LogP contribution in [0.1, 0.15) is 55.8 Å². The molecule has 25 heavy (non-hydrogen) atoms. The Hall–Kier alpha value is -2.49. The van der Waals surface area contributed by atoms with Gasteiger partial charge in [0.15, 0.2) is 0 Å². The molecule has 0 bridgehead atoms. The molecule has 2 aromatic rings. The molecule has 0 aliphatic rings. The Morgan fingerprint density at radius 1 is 1.00 bits per heavy atom. The molecule has 2 aromatic carbocycles. The monoisotopic (exact) mass is 341 g/mol. The molecular weight excluding hydrogens is 314 g/mol. The van der Waals surface area contributed by atoms with Gasteiger partial charge < -0.3 is 15.6 Å². The Labute approximate surface area is 149 Å². The molecule has 0 saturated carbocycles. The minimum Gasteiger partial charge on any atom is -0.494 e. The number of aromatic carboxylic acids is 1. The summed E-state index contributed by atoms with van der Waals surface area (Å²) < 4.78 is 5.78. The van der Waals surface area contributed by atoms with Crippen LogP contribution in [0.2, 0.25) is 0 Å². The first kappa shape index (κ1) is 18.8. The molecule has 0 amide bonds. The number of nitrogen functional groups attached to an aromatic ring is 1. The lowest BCUT2D eigenvalue weighted by atomic mass is 10.0. The molecule has 0 radical (unpaired) electrons. The summed E-state index contributed by atoms with van der Waals surface area (Å²) in [6.45, 7) is 2.93. The van der Waals surface area contributed by atoms with E-state index in [4.69, 9.17) is 15.6 Å². The van der Waals surface area contributed by atoms with Gasteiger partial charge in [0.2, 0.25) is 0 Å². The molecule has 0 aromatic heterocycles. The molecule has 0 aliphatic heterocycles. The van der Waals surface area contributed by atoms with E-state index in [9.17, 15) is 4.79 Å². The number of carbonyl (C=O) groups is 1. The van der Waals surface area contributed by atoms with Gasteiger partial charge in [-0.25, -0.2) is 4.79 Å². The van der Waals surface area contributed by atoms with Crippen molar-refractivity contribution in [2.24, 2.45) is 0 Å². The van der Waals surface area contributed by atoms with Gasteiger partial charge in [-0.1, -0.05) is 51.2 Å². The second-order valence-corrected chi connectivity index (χ2v) is 6.25. The summed E-state index contributed by atoms with van der Waals surface area (Å²) in [7, 11) is 0. The Bertz CT molecular complexity index is 680. The van der Waals surface area contributed by atoms with Crippen molar-refractivity contribution in [3.05, 3.63) is 48.0 Å². The van der Waals surface area contributed by atoms with Crippen LogP contribution in [0.4, 0.5) is 5.69 Å². The lowest BCUT2D eigenvalue weighted by molar-refractivity contribution is 0.0697. The first-order valence-corrected chi connectivity index (χ1v) is 8.98. The number of unbranched alkanes of at least 4 members (excludes halogenated alkanes) is 5. The molecule has 4 heteroatoms. The molecule has 134 valence electrons. The van der Waals surface area contributed by atoms with Gasteiger partial charge in [-0.05, 0) is 36.2 Å². The molecule has 0 atom stereocenters. The van der Waals surface area contributed by atoms with Crippen LogP contribution < -0.4 is 10.5 Å². The SMILES string of the molecule is CCCCCCCCOc1ccc(-c2ccc(C(=O)O)cc2)c(N)c1. The van der Waals surface area contributed by atoms with Crippen molar-refractivity contribution in [1.82, 2.24) is 0 Å². The molecule has 0 spiro atoms. The van der Waals surface area contributed by atoms with Crippen LogP contribution in [0.25, 0.3) is 11.1 Å². The smallest absolute Gasteiger partial charge is 0.335 e. The Morgan fingerprint density at radius 3 is 2.32 bits per heavy atom. The highest BCUT2D eigenvalue weighted by Crippen LogP contribution is 2.29. The van der Waals surface area contributed by atoms with E-state index >= 15 is 0 Å². The molecule has 0 unspecified atom stereocenters. The zero-order chi connectivity index (χ0) is 18.1. The molecular formula is C21H27NO3. The predicted molar refractivity (Wildman–Crippen MR) is 102 cm³/mol. The number of hydrogen-bond acceptors (Lipinski definition) is 3. The van der Waals surface area contributed by atoms with Crippen LogP contribution in [0.15, 0.2) is 42.5 Å². The van der Waals surface area contributed by atoms with Gasteiger partial charge in [0.1, 0.15) is 5.75 Å². The van der Waals surface area contributed by atoms with Gasteiger partial charge in [-0.3, -0.25) is 0 Å². The lowest BCUT2D eigenvalue weighted by Gasteiger charge is -2.10. The maximum absolute atomic E-state index is 10.9. The number of benzene rings is 2. The van der Waals surface area contributed by atoms with Crippen molar-refractivity contribution in [2.75, 3.05) is 12.3 Å². The Morgan fingerprint density at radius 2 is 1.68 bits per heavy atom. The fraction of sp³-hybridized carbons (Fsp3) is 0.381. The minimum atomic E-state index is -0.932. The summed E-state index contributed by atoms with van der Waals surface area (Å²) >= 11 is 0. The second-order valence-electron chi connectivity index (χ2n) is 6.25. The number of rotatable bonds is 10. The summed E-state index contributed by atoms with van der Waals surface area (Å²) in [5.41, 5.74) is 8.81. The maximum atomic E-state index is 10.9. The third kappa shape index (κ3) is 5.82. The standard InChI is InChI=1S/C21H27NO3/c1-2-3-4-5-6-7-14-25-18-12-13-19(20(22)15-18)16-8-10-17(11-9-16)21(23)24/h8-13,15H,2-7,14,22H2,1H3,(H,23,24). The van der Waals surface area contributed by atoms with E-state index in [0.717, 1.165) is 23.3 Å². The summed E-state index contributed by atoms with van der Waals surface area (Å²) in [6, 6.07) is 12.4. The number of carboxylic acids is 1. The largest absolute Gasteiger partial charge is 0.494 e. The molecule has 4 nitrogen and oxygen atoms in total. The lowest BCUT2D eigenvalue weighted by Crippen LogP contribution is -1.99. The van der Waals surface area contributed by atoms with Crippen LogP contribution in [0, 0.1) is 0 Å². The van der Waals surface area contributed by atoms with Gasteiger partial charge in [-0.2, -0.15) is 0 Å². The number of carboxylic acid groups (broad SMARTS) is 1. The number of nitrogens with two attached hydrogens (primary N) is 1. The van der Waals surface area contributed by atoms with E-state index in [1.54, 1.807) is 24.3 Å². The fourth-order valence-electron chi connectivity index (χ4n) is 2.76. The van der Waals surface area contributed by atoms with Gasteiger partial charge in [0.05, 0.1) is 12.2 Å². The highest BCUT2D eigenvalue weighted by molar-refractivity contribution is 5.89. The molecule has 0 saturated heterocycles. The molecule has 0 fully saturated rings. The van der Waals surface area contributed by atoms with Gasteiger partial charge in [0.25, 0.3) is 0 Å². The predicted octanol–water partition coefficient (Wildman–Crippen LogP) is 5.37.